The molecule has 2 aliphatic rings. The third kappa shape index (κ3) is 2.75. The van der Waals surface area contributed by atoms with Crippen LogP contribution in [0.25, 0.3) is 5.69 Å². The molecule has 0 aromatic carbocycles. The first-order valence-corrected chi connectivity index (χ1v) is 10.7. The maximum atomic E-state index is 5.13. The van der Waals surface area contributed by atoms with E-state index in [4.69, 9.17) is 4.99 Å². The second kappa shape index (κ2) is 7.09. The Bertz CT molecular complexity index is 998. The molecule has 0 aliphatic carbocycles. The number of rotatable bonds is 4. The fraction of sp³-hybridized carbons (Fsp3) is 0.318. The summed E-state index contributed by atoms with van der Waals surface area (Å²) in [6.45, 7) is 4.42. The van der Waals surface area contributed by atoms with Crippen LogP contribution in [0.4, 0.5) is 0 Å². The molecule has 5 heterocycles. The Labute approximate surface area is 169 Å². The molecule has 3 aromatic rings. The standard InChI is InChI=1S/C22H23N5S/c1-3-16-14-28-22-25-20(18-8-4-5-12-24-18)21(27(16)22)19-10-9-15(2)26(19)17-7-6-11-23-13-17/h4-13,16,20-21H,3,14H2,1-2H3. The van der Waals surface area contributed by atoms with E-state index >= 15 is 0 Å². The third-order valence-electron chi connectivity index (χ3n) is 5.64. The molecule has 0 amide bonds. The van der Waals surface area contributed by atoms with Crippen LogP contribution in [0.2, 0.25) is 0 Å². The highest BCUT2D eigenvalue weighted by molar-refractivity contribution is 8.14. The first kappa shape index (κ1) is 17.5. The Hall–Kier alpha value is -2.60. The van der Waals surface area contributed by atoms with Crippen molar-refractivity contribution in [2.24, 2.45) is 4.99 Å². The molecule has 3 aromatic heterocycles. The molecule has 1 saturated heterocycles. The van der Waals surface area contributed by atoms with Gasteiger partial charge in [-0.3, -0.25) is 15.0 Å². The summed E-state index contributed by atoms with van der Waals surface area (Å²) in [5.74, 6) is 1.10. The molecule has 0 bridgehead atoms. The Morgan fingerprint density at radius 1 is 1.11 bits per heavy atom. The lowest BCUT2D eigenvalue weighted by atomic mass is 9.99. The minimum Gasteiger partial charge on any atom is -0.337 e. The monoisotopic (exact) mass is 389 g/mol. The van der Waals surface area contributed by atoms with E-state index in [-0.39, 0.29) is 12.1 Å². The van der Waals surface area contributed by atoms with Crippen LogP contribution in [0, 0.1) is 6.92 Å². The Morgan fingerprint density at radius 2 is 2.04 bits per heavy atom. The predicted molar refractivity (Wildman–Crippen MR) is 114 cm³/mol. The minimum absolute atomic E-state index is 0.00257. The van der Waals surface area contributed by atoms with E-state index in [9.17, 15) is 0 Å². The van der Waals surface area contributed by atoms with Gasteiger partial charge in [0, 0.05) is 35.6 Å². The Balaban J connectivity index is 1.66. The van der Waals surface area contributed by atoms with Gasteiger partial charge in [0.15, 0.2) is 5.17 Å². The number of hydrogen-bond acceptors (Lipinski definition) is 5. The molecule has 0 N–H and O–H groups in total. The van der Waals surface area contributed by atoms with E-state index in [0.717, 1.165) is 28.7 Å². The molecular formula is C22H23N5S. The largest absolute Gasteiger partial charge is 0.337 e. The Morgan fingerprint density at radius 3 is 2.79 bits per heavy atom. The smallest absolute Gasteiger partial charge is 0.160 e. The molecule has 3 unspecified atom stereocenters. The molecule has 28 heavy (non-hydrogen) atoms. The lowest BCUT2D eigenvalue weighted by molar-refractivity contribution is 0.248. The molecule has 6 heteroatoms. The molecule has 0 saturated carbocycles. The van der Waals surface area contributed by atoms with Crippen molar-refractivity contribution in [3.8, 4) is 5.69 Å². The van der Waals surface area contributed by atoms with Crippen LogP contribution in [0.3, 0.4) is 0 Å². The fourth-order valence-electron chi connectivity index (χ4n) is 4.30. The van der Waals surface area contributed by atoms with Crippen molar-refractivity contribution >= 4 is 16.9 Å². The summed E-state index contributed by atoms with van der Waals surface area (Å²) in [6, 6.07) is 15.3. The van der Waals surface area contributed by atoms with Crippen LogP contribution < -0.4 is 0 Å². The average Bonchev–Trinajstić information content (AvgIpc) is 3.42. The quantitative estimate of drug-likeness (QED) is 0.656. The molecule has 5 rings (SSSR count). The highest BCUT2D eigenvalue weighted by Crippen LogP contribution is 2.49. The topological polar surface area (TPSA) is 46.3 Å². The first-order valence-electron chi connectivity index (χ1n) is 9.76. The van der Waals surface area contributed by atoms with Crippen LogP contribution >= 0.6 is 11.8 Å². The van der Waals surface area contributed by atoms with Gasteiger partial charge in [0.25, 0.3) is 0 Å². The molecule has 142 valence electrons. The van der Waals surface area contributed by atoms with Gasteiger partial charge in [0.1, 0.15) is 12.1 Å². The van der Waals surface area contributed by atoms with Crippen molar-refractivity contribution in [2.45, 2.75) is 38.4 Å². The second-order valence-electron chi connectivity index (χ2n) is 7.28. The number of aliphatic imine (C=N–C) groups is 1. The van der Waals surface area contributed by atoms with Crippen LogP contribution in [-0.2, 0) is 0 Å². The summed E-state index contributed by atoms with van der Waals surface area (Å²) in [5, 5.41) is 1.16. The molecule has 0 spiro atoms. The van der Waals surface area contributed by atoms with Gasteiger partial charge in [-0.05, 0) is 49.7 Å². The molecule has 1 fully saturated rings. The predicted octanol–water partition coefficient (Wildman–Crippen LogP) is 4.56. The number of hydrogen-bond donors (Lipinski definition) is 0. The summed E-state index contributed by atoms with van der Waals surface area (Å²) in [6.07, 6.45) is 6.73. The van der Waals surface area contributed by atoms with Crippen LogP contribution in [0.1, 0.15) is 42.5 Å². The number of amidine groups is 1. The maximum Gasteiger partial charge on any atom is 0.160 e. The van der Waals surface area contributed by atoms with Crippen LogP contribution in [-0.4, -0.2) is 36.4 Å². The molecular weight excluding hydrogens is 366 g/mol. The van der Waals surface area contributed by atoms with Gasteiger partial charge in [-0.25, -0.2) is 0 Å². The van der Waals surface area contributed by atoms with Crippen molar-refractivity contribution in [2.75, 3.05) is 5.75 Å². The van der Waals surface area contributed by atoms with Crippen LogP contribution in [0.15, 0.2) is 66.0 Å². The van der Waals surface area contributed by atoms with Gasteiger partial charge in [0.2, 0.25) is 0 Å². The molecule has 3 atom stereocenters. The number of aryl methyl sites for hydroxylation is 1. The molecule has 5 nitrogen and oxygen atoms in total. The summed E-state index contributed by atoms with van der Waals surface area (Å²) >= 11 is 1.88. The zero-order chi connectivity index (χ0) is 19.1. The SMILES string of the molecule is CCC1CSC2=NC(c3ccccn3)C(c3ccc(C)n3-c3cccnc3)N21. The lowest BCUT2D eigenvalue weighted by Gasteiger charge is -2.32. The fourth-order valence-corrected chi connectivity index (χ4v) is 5.64. The number of fused-ring (bicyclic) bond motifs is 1. The van der Waals surface area contributed by atoms with Gasteiger partial charge >= 0.3 is 0 Å². The highest BCUT2D eigenvalue weighted by atomic mass is 32.2. The number of pyridine rings is 2. The number of nitrogens with zero attached hydrogens (tertiary/aromatic N) is 5. The Kier molecular flexibility index (Phi) is 4.43. The number of aromatic nitrogens is 3. The number of thioether (sulfide) groups is 1. The lowest BCUT2D eigenvalue weighted by Crippen LogP contribution is -2.36. The van der Waals surface area contributed by atoms with Gasteiger partial charge in [-0.15, -0.1) is 0 Å². The van der Waals surface area contributed by atoms with Crippen molar-refractivity contribution < 1.29 is 0 Å². The van der Waals surface area contributed by atoms with Crippen LogP contribution in [0.5, 0.6) is 0 Å². The zero-order valence-electron chi connectivity index (χ0n) is 16.1. The first-order chi connectivity index (χ1) is 13.8. The second-order valence-corrected chi connectivity index (χ2v) is 8.27. The van der Waals surface area contributed by atoms with E-state index < -0.39 is 0 Å². The molecule has 2 aliphatic heterocycles. The van der Waals surface area contributed by atoms with Crippen molar-refractivity contribution in [3.63, 3.8) is 0 Å². The third-order valence-corrected chi connectivity index (χ3v) is 6.77. The van der Waals surface area contributed by atoms with Gasteiger partial charge in [-0.2, -0.15) is 0 Å². The summed E-state index contributed by atoms with van der Waals surface area (Å²) < 4.78 is 2.32. The average molecular weight is 390 g/mol. The van der Waals surface area contributed by atoms with E-state index in [2.05, 4.69) is 63.6 Å². The van der Waals surface area contributed by atoms with E-state index in [0.29, 0.717) is 6.04 Å². The maximum absolute atomic E-state index is 5.13. The van der Waals surface area contributed by atoms with Gasteiger partial charge in [0.05, 0.1) is 17.6 Å². The molecule has 0 radical (unpaired) electrons. The van der Waals surface area contributed by atoms with Crippen molar-refractivity contribution in [3.05, 3.63) is 78.1 Å². The highest BCUT2D eigenvalue weighted by Gasteiger charge is 2.46. The summed E-state index contributed by atoms with van der Waals surface area (Å²) in [7, 11) is 0. The summed E-state index contributed by atoms with van der Waals surface area (Å²) in [5.41, 5.74) is 4.58. The van der Waals surface area contributed by atoms with E-state index in [1.807, 2.05) is 42.5 Å². The van der Waals surface area contributed by atoms with E-state index in [1.165, 1.54) is 11.4 Å². The van der Waals surface area contributed by atoms with Gasteiger partial charge in [-0.1, -0.05) is 24.8 Å². The van der Waals surface area contributed by atoms with Gasteiger partial charge < -0.3 is 9.47 Å². The summed E-state index contributed by atoms with van der Waals surface area (Å²) in [4.78, 5) is 16.7. The minimum atomic E-state index is 0.00257. The van der Waals surface area contributed by atoms with Crippen molar-refractivity contribution in [1.82, 2.24) is 19.4 Å². The van der Waals surface area contributed by atoms with Crippen molar-refractivity contribution in [1.29, 1.82) is 0 Å². The zero-order valence-corrected chi connectivity index (χ0v) is 16.9. The van der Waals surface area contributed by atoms with E-state index in [1.54, 1.807) is 0 Å². The normalized spacial score (nSPS) is 23.7.